The maximum atomic E-state index is 12.4. The number of fused-ring (bicyclic) bond motifs is 1. The van der Waals surface area contributed by atoms with E-state index in [9.17, 15) is 4.79 Å². The van der Waals surface area contributed by atoms with E-state index in [1.165, 1.54) is 11.1 Å². The third-order valence-electron chi connectivity index (χ3n) is 4.79. The number of carbonyl (C=O) groups is 1. The summed E-state index contributed by atoms with van der Waals surface area (Å²) in [6.45, 7) is 1.94. The van der Waals surface area contributed by atoms with Crippen molar-refractivity contribution in [2.45, 2.75) is 37.8 Å². The third-order valence-corrected chi connectivity index (χ3v) is 4.79. The number of nitrogens with zero attached hydrogens (tertiary/aromatic N) is 3. The van der Waals surface area contributed by atoms with Crippen LogP contribution in [0.15, 0.2) is 30.6 Å². The Bertz CT molecular complexity index is 711. The summed E-state index contributed by atoms with van der Waals surface area (Å²) in [5.74, 6) is 0.0779. The van der Waals surface area contributed by atoms with Crippen LogP contribution in [0.4, 0.5) is 0 Å². The quantitative estimate of drug-likeness (QED) is 0.891. The van der Waals surface area contributed by atoms with Crippen molar-refractivity contribution in [2.24, 2.45) is 0 Å². The Kier molecular flexibility index (Phi) is 5.16. The Hall–Kier alpha value is -1.92. The van der Waals surface area contributed by atoms with Gasteiger partial charge in [-0.2, -0.15) is 0 Å². The zero-order chi connectivity index (χ0) is 15.6. The lowest BCUT2D eigenvalue weighted by atomic mass is 10.1. The first kappa shape index (κ1) is 16.9. The van der Waals surface area contributed by atoms with E-state index in [1.807, 2.05) is 16.8 Å². The van der Waals surface area contributed by atoms with Crippen molar-refractivity contribution >= 4 is 18.3 Å². The van der Waals surface area contributed by atoms with Crippen molar-refractivity contribution in [3.05, 3.63) is 47.5 Å². The van der Waals surface area contributed by atoms with Gasteiger partial charge in [-0.3, -0.25) is 4.79 Å². The third kappa shape index (κ3) is 3.30. The molecule has 7 heteroatoms. The van der Waals surface area contributed by atoms with E-state index in [4.69, 9.17) is 0 Å². The van der Waals surface area contributed by atoms with E-state index < -0.39 is 0 Å². The number of benzene rings is 1. The van der Waals surface area contributed by atoms with Gasteiger partial charge >= 0.3 is 0 Å². The number of piperidine rings is 1. The van der Waals surface area contributed by atoms with Gasteiger partial charge in [-0.1, -0.05) is 24.3 Å². The molecule has 2 N–H and O–H groups in total. The van der Waals surface area contributed by atoms with Crippen LogP contribution >= 0.6 is 12.4 Å². The number of hydrogen-bond acceptors (Lipinski definition) is 4. The molecule has 2 aromatic rings. The summed E-state index contributed by atoms with van der Waals surface area (Å²) in [6.07, 6.45) is 5.84. The number of amides is 1. The molecule has 1 fully saturated rings. The fraction of sp³-hybridized carbons (Fsp3) is 0.471. The molecule has 2 atom stereocenters. The molecule has 0 spiro atoms. The van der Waals surface area contributed by atoms with Crippen molar-refractivity contribution < 1.29 is 4.79 Å². The van der Waals surface area contributed by atoms with Crippen molar-refractivity contribution in [2.75, 3.05) is 13.1 Å². The Morgan fingerprint density at radius 3 is 3.00 bits per heavy atom. The molecule has 0 radical (unpaired) electrons. The number of aromatic nitrogens is 3. The first-order chi connectivity index (χ1) is 11.3. The molecular formula is C17H22ClN5O. The minimum Gasteiger partial charge on any atom is -0.342 e. The summed E-state index contributed by atoms with van der Waals surface area (Å²) < 4.78 is 1.82. The molecule has 1 aromatic carbocycles. The lowest BCUT2D eigenvalue weighted by Gasteiger charge is -2.22. The normalized spacial score (nSPS) is 22.5. The van der Waals surface area contributed by atoms with Gasteiger partial charge in [0.15, 0.2) is 0 Å². The monoisotopic (exact) mass is 347 g/mol. The van der Waals surface area contributed by atoms with Gasteiger partial charge in [-0.05, 0) is 43.4 Å². The number of nitrogens with one attached hydrogen (secondary N) is 2. The first-order valence-corrected chi connectivity index (χ1v) is 8.32. The number of rotatable bonds is 3. The molecule has 128 valence electrons. The maximum absolute atomic E-state index is 12.4. The van der Waals surface area contributed by atoms with E-state index >= 15 is 0 Å². The molecule has 2 heterocycles. The van der Waals surface area contributed by atoms with Gasteiger partial charge in [0.05, 0.1) is 12.1 Å². The van der Waals surface area contributed by atoms with E-state index in [0.29, 0.717) is 6.04 Å². The molecule has 0 saturated carbocycles. The summed E-state index contributed by atoms with van der Waals surface area (Å²) in [5.41, 5.74) is 2.54. The van der Waals surface area contributed by atoms with Gasteiger partial charge in [0, 0.05) is 6.54 Å². The Morgan fingerprint density at radius 1 is 1.29 bits per heavy atom. The number of halogens is 1. The Labute approximate surface area is 147 Å². The van der Waals surface area contributed by atoms with Crippen LogP contribution in [0.3, 0.4) is 0 Å². The van der Waals surface area contributed by atoms with Crippen molar-refractivity contribution in [1.82, 2.24) is 25.4 Å². The average molecular weight is 348 g/mol. The molecule has 1 saturated heterocycles. The van der Waals surface area contributed by atoms with Crippen LogP contribution in [0.1, 0.15) is 53.1 Å². The molecule has 1 amide bonds. The Balaban J connectivity index is 0.00000169. The largest absolute Gasteiger partial charge is 0.342 e. The zero-order valence-electron chi connectivity index (χ0n) is 13.4. The highest BCUT2D eigenvalue weighted by molar-refractivity contribution is 5.90. The Morgan fingerprint density at radius 2 is 2.17 bits per heavy atom. The van der Waals surface area contributed by atoms with Gasteiger partial charge in [0.25, 0.3) is 5.91 Å². The highest BCUT2D eigenvalue weighted by Gasteiger charge is 2.25. The average Bonchev–Trinajstić information content (AvgIpc) is 3.24. The minimum atomic E-state index is -0.186. The van der Waals surface area contributed by atoms with Crippen molar-refractivity contribution in [3.8, 4) is 0 Å². The topological polar surface area (TPSA) is 71.8 Å². The zero-order valence-corrected chi connectivity index (χ0v) is 14.3. The SMILES string of the molecule is Cl.O=C(NC1CCc2ccccc21)c1ncn(C2CCCNC2)n1. The maximum Gasteiger partial charge on any atom is 0.291 e. The summed E-state index contributed by atoms with van der Waals surface area (Å²) in [7, 11) is 0. The molecule has 1 aromatic heterocycles. The van der Waals surface area contributed by atoms with E-state index in [1.54, 1.807) is 6.33 Å². The second-order valence-corrected chi connectivity index (χ2v) is 6.31. The number of hydrogen-bond donors (Lipinski definition) is 2. The second-order valence-electron chi connectivity index (χ2n) is 6.31. The molecular weight excluding hydrogens is 326 g/mol. The first-order valence-electron chi connectivity index (χ1n) is 8.32. The minimum absolute atomic E-state index is 0. The lowest BCUT2D eigenvalue weighted by molar-refractivity contribution is 0.0925. The molecule has 2 unspecified atom stereocenters. The van der Waals surface area contributed by atoms with Gasteiger partial charge in [-0.25, -0.2) is 9.67 Å². The van der Waals surface area contributed by atoms with Crippen LogP contribution in [0.25, 0.3) is 0 Å². The summed E-state index contributed by atoms with van der Waals surface area (Å²) >= 11 is 0. The molecule has 1 aliphatic carbocycles. The van der Waals surface area contributed by atoms with Gasteiger partial charge < -0.3 is 10.6 Å². The molecule has 1 aliphatic heterocycles. The summed E-state index contributed by atoms with van der Waals surface area (Å²) in [4.78, 5) is 16.6. The van der Waals surface area contributed by atoms with Crippen molar-refractivity contribution in [3.63, 3.8) is 0 Å². The molecule has 0 bridgehead atoms. The molecule has 2 aliphatic rings. The fourth-order valence-electron chi connectivity index (χ4n) is 3.54. The standard InChI is InChI=1S/C17H21N5O.ClH/c23-17(20-15-8-7-12-4-1-2-6-14(12)15)16-19-11-22(21-16)13-5-3-9-18-10-13;/h1-2,4,6,11,13,15,18H,3,5,7-10H2,(H,20,23);1H. The fourth-order valence-corrected chi connectivity index (χ4v) is 3.54. The van der Waals surface area contributed by atoms with Crippen LogP contribution in [-0.4, -0.2) is 33.8 Å². The van der Waals surface area contributed by atoms with Crippen LogP contribution in [-0.2, 0) is 6.42 Å². The lowest BCUT2D eigenvalue weighted by Crippen LogP contribution is -2.32. The van der Waals surface area contributed by atoms with Gasteiger partial charge in [0.1, 0.15) is 6.33 Å². The predicted molar refractivity (Wildman–Crippen MR) is 93.4 cm³/mol. The summed E-state index contributed by atoms with van der Waals surface area (Å²) in [5, 5.41) is 10.8. The van der Waals surface area contributed by atoms with E-state index in [-0.39, 0.29) is 30.2 Å². The van der Waals surface area contributed by atoms with Crippen molar-refractivity contribution in [1.29, 1.82) is 0 Å². The molecule has 24 heavy (non-hydrogen) atoms. The summed E-state index contributed by atoms with van der Waals surface area (Å²) in [6, 6.07) is 8.65. The van der Waals surface area contributed by atoms with Crippen LogP contribution in [0, 0.1) is 0 Å². The second kappa shape index (κ2) is 7.32. The molecule has 4 rings (SSSR count). The van der Waals surface area contributed by atoms with Crippen LogP contribution in [0.5, 0.6) is 0 Å². The highest BCUT2D eigenvalue weighted by Crippen LogP contribution is 2.30. The highest BCUT2D eigenvalue weighted by atomic mass is 35.5. The van der Waals surface area contributed by atoms with Gasteiger partial charge in [-0.15, -0.1) is 17.5 Å². The number of carbonyl (C=O) groups excluding carboxylic acids is 1. The molecule has 6 nitrogen and oxygen atoms in total. The van der Waals surface area contributed by atoms with Crippen LogP contribution < -0.4 is 10.6 Å². The van der Waals surface area contributed by atoms with Gasteiger partial charge in [0.2, 0.25) is 5.82 Å². The van der Waals surface area contributed by atoms with E-state index in [0.717, 1.165) is 38.8 Å². The predicted octanol–water partition coefficient (Wildman–Crippen LogP) is 2.04. The van der Waals surface area contributed by atoms with E-state index in [2.05, 4.69) is 32.8 Å². The number of aryl methyl sites for hydroxylation is 1. The van der Waals surface area contributed by atoms with Crippen LogP contribution in [0.2, 0.25) is 0 Å². The smallest absolute Gasteiger partial charge is 0.291 e.